The van der Waals surface area contributed by atoms with Crippen molar-refractivity contribution in [3.05, 3.63) is 59.2 Å². The molecule has 2 aromatic rings. The molecule has 2 aliphatic rings. The van der Waals surface area contributed by atoms with Gasteiger partial charge in [-0.25, -0.2) is 0 Å². The first-order chi connectivity index (χ1) is 18.0. The fourth-order valence-electron chi connectivity index (χ4n) is 4.82. The van der Waals surface area contributed by atoms with Crippen LogP contribution in [-0.4, -0.2) is 86.8 Å². The lowest BCUT2D eigenvalue weighted by Crippen LogP contribution is -2.38. The molecule has 0 aliphatic carbocycles. The van der Waals surface area contributed by atoms with E-state index in [1.807, 2.05) is 6.92 Å². The van der Waals surface area contributed by atoms with Crippen LogP contribution in [0.15, 0.2) is 48.0 Å². The van der Waals surface area contributed by atoms with Crippen molar-refractivity contribution in [2.75, 3.05) is 60.2 Å². The van der Waals surface area contributed by atoms with Gasteiger partial charge in [0.05, 0.1) is 45.7 Å². The molecule has 1 N–H and O–H groups in total. The number of benzene rings is 2. The Morgan fingerprint density at radius 3 is 2.49 bits per heavy atom. The molecule has 9 heteroatoms. The minimum absolute atomic E-state index is 0.0391. The van der Waals surface area contributed by atoms with Gasteiger partial charge in [0, 0.05) is 31.7 Å². The van der Waals surface area contributed by atoms with E-state index in [0.29, 0.717) is 61.2 Å². The second-order valence-electron chi connectivity index (χ2n) is 8.88. The smallest absolute Gasteiger partial charge is 0.295 e. The van der Waals surface area contributed by atoms with E-state index < -0.39 is 17.7 Å². The molecule has 2 heterocycles. The van der Waals surface area contributed by atoms with Crippen molar-refractivity contribution in [3.8, 4) is 17.2 Å². The number of rotatable bonds is 10. The molecular formula is C28H34N2O7. The van der Waals surface area contributed by atoms with Crippen LogP contribution in [0.3, 0.4) is 0 Å². The summed E-state index contributed by atoms with van der Waals surface area (Å²) < 4.78 is 21.8. The summed E-state index contributed by atoms with van der Waals surface area (Å²) in [7, 11) is 3.07. The predicted molar refractivity (Wildman–Crippen MR) is 138 cm³/mol. The second-order valence-corrected chi connectivity index (χ2v) is 8.88. The van der Waals surface area contributed by atoms with Crippen molar-refractivity contribution < 1.29 is 33.6 Å². The standard InChI is InChI=1S/C28H34N2O7/c1-4-37-21-8-5-7-20(17-21)26(31)24-25(19-9-10-22(34-2)23(18-19)35-3)30(28(33)27(24)32)12-6-11-29-13-15-36-16-14-29/h5,7-10,17-18,25,31H,4,6,11-16H2,1-3H3. The predicted octanol–water partition coefficient (Wildman–Crippen LogP) is 3.25. The first-order valence-electron chi connectivity index (χ1n) is 12.5. The Hall–Kier alpha value is -3.56. The molecule has 198 valence electrons. The molecule has 0 bridgehead atoms. The lowest BCUT2D eigenvalue weighted by Gasteiger charge is -2.29. The van der Waals surface area contributed by atoms with Gasteiger partial charge < -0.3 is 29.0 Å². The van der Waals surface area contributed by atoms with E-state index in [1.54, 1.807) is 54.5 Å². The van der Waals surface area contributed by atoms with Gasteiger partial charge in [0.15, 0.2) is 11.5 Å². The van der Waals surface area contributed by atoms with Gasteiger partial charge in [-0.2, -0.15) is 0 Å². The van der Waals surface area contributed by atoms with Crippen LogP contribution in [0.5, 0.6) is 17.2 Å². The molecule has 2 saturated heterocycles. The molecule has 0 spiro atoms. The number of carbonyl (C=O) groups is 2. The van der Waals surface area contributed by atoms with E-state index in [1.165, 1.54) is 7.11 Å². The first kappa shape index (κ1) is 26.5. The van der Waals surface area contributed by atoms with Crippen LogP contribution in [0, 0.1) is 0 Å². The maximum Gasteiger partial charge on any atom is 0.295 e. The SMILES string of the molecule is CCOc1cccc(C(O)=C2C(=O)C(=O)N(CCCN3CCOCC3)C2c2ccc(OC)c(OC)c2)c1. The average Bonchev–Trinajstić information content (AvgIpc) is 3.18. The summed E-state index contributed by atoms with van der Waals surface area (Å²) in [5, 5.41) is 11.4. The largest absolute Gasteiger partial charge is 0.507 e. The molecule has 2 aromatic carbocycles. The average molecular weight is 511 g/mol. The number of hydrogen-bond acceptors (Lipinski definition) is 8. The second kappa shape index (κ2) is 12.1. The maximum atomic E-state index is 13.3. The molecule has 2 fully saturated rings. The number of likely N-dealkylation sites (tertiary alicyclic amines) is 1. The van der Waals surface area contributed by atoms with E-state index >= 15 is 0 Å². The third-order valence-electron chi connectivity index (χ3n) is 6.66. The van der Waals surface area contributed by atoms with Crippen molar-refractivity contribution >= 4 is 17.4 Å². The van der Waals surface area contributed by atoms with Gasteiger partial charge in [0.25, 0.3) is 11.7 Å². The van der Waals surface area contributed by atoms with E-state index in [9.17, 15) is 14.7 Å². The Morgan fingerprint density at radius 1 is 1.03 bits per heavy atom. The molecular weight excluding hydrogens is 476 g/mol. The molecule has 9 nitrogen and oxygen atoms in total. The molecule has 0 radical (unpaired) electrons. The van der Waals surface area contributed by atoms with Gasteiger partial charge in [-0.05, 0) is 43.2 Å². The summed E-state index contributed by atoms with van der Waals surface area (Å²) in [5.41, 5.74) is 1.09. The third kappa shape index (κ3) is 5.73. The summed E-state index contributed by atoms with van der Waals surface area (Å²) in [5.74, 6) is -0.0312. The van der Waals surface area contributed by atoms with Gasteiger partial charge in [0.2, 0.25) is 0 Å². The van der Waals surface area contributed by atoms with Crippen LogP contribution >= 0.6 is 0 Å². The Bertz CT molecular complexity index is 1160. The number of hydrogen-bond donors (Lipinski definition) is 1. The van der Waals surface area contributed by atoms with Crippen LogP contribution < -0.4 is 14.2 Å². The van der Waals surface area contributed by atoms with Gasteiger partial charge in [-0.15, -0.1) is 0 Å². The summed E-state index contributed by atoms with van der Waals surface area (Å²) >= 11 is 0. The van der Waals surface area contributed by atoms with Crippen LogP contribution in [0.25, 0.3) is 5.76 Å². The first-order valence-corrected chi connectivity index (χ1v) is 12.5. The van der Waals surface area contributed by atoms with Crippen LogP contribution in [0.1, 0.15) is 30.5 Å². The number of carbonyl (C=O) groups excluding carboxylic acids is 2. The van der Waals surface area contributed by atoms with Crippen LogP contribution in [0.4, 0.5) is 0 Å². The molecule has 0 saturated carbocycles. The van der Waals surface area contributed by atoms with Crippen LogP contribution in [0.2, 0.25) is 0 Å². The van der Waals surface area contributed by atoms with Crippen molar-refractivity contribution in [2.45, 2.75) is 19.4 Å². The van der Waals surface area contributed by atoms with Gasteiger partial charge in [-0.1, -0.05) is 18.2 Å². The highest BCUT2D eigenvalue weighted by atomic mass is 16.5. The fourth-order valence-corrected chi connectivity index (χ4v) is 4.82. The molecule has 0 aromatic heterocycles. The zero-order chi connectivity index (χ0) is 26.4. The number of morpholine rings is 1. The summed E-state index contributed by atoms with van der Waals surface area (Å²) in [6.45, 7) is 6.53. The van der Waals surface area contributed by atoms with E-state index in [4.69, 9.17) is 18.9 Å². The molecule has 37 heavy (non-hydrogen) atoms. The number of Topliss-reactive ketones (excluding diaryl/α,β-unsaturated/α-hetero) is 1. The Balaban J connectivity index is 1.73. The minimum atomic E-state index is -0.778. The zero-order valence-electron chi connectivity index (χ0n) is 21.6. The molecule has 1 unspecified atom stereocenters. The van der Waals surface area contributed by atoms with Gasteiger partial charge in [0.1, 0.15) is 11.5 Å². The fraction of sp³-hybridized carbons (Fsp3) is 0.429. The summed E-state index contributed by atoms with van der Waals surface area (Å²) in [6.07, 6.45) is 0.677. The number of aliphatic hydroxyl groups excluding tert-OH is 1. The monoisotopic (exact) mass is 510 g/mol. The zero-order valence-corrected chi connectivity index (χ0v) is 21.6. The van der Waals surface area contributed by atoms with Crippen molar-refractivity contribution in [3.63, 3.8) is 0 Å². The Morgan fingerprint density at radius 2 is 1.78 bits per heavy atom. The van der Waals surface area contributed by atoms with Crippen LogP contribution in [-0.2, 0) is 14.3 Å². The highest BCUT2D eigenvalue weighted by Crippen LogP contribution is 2.42. The van der Waals surface area contributed by atoms with Gasteiger partial charge in [-0.3, -0.25) is 14.5 Å². The van der Waals surface area contributed by atoms with E-state index in [-0.39, 0.29) is 11.3 Å². The number of nitrogens with zero attached hydrogens (tertiary/aromatic N) is 2. The van der Waals surface area contributed by atoms with Crippen molar-refractivity contribution in [1.82, 2.24) is 9.80 Å². The summed E-state index contributed by atoms with van der Waals surface area (Å²) in [4.78, 5) is 30.5. The Labute approximate surface area is 217 Å². The third-order valence-corrected chi connectivity index (χ3v) is 6.66. The molecule has 1 amide bonds. The van der Waals surface area contributed by atoms with Gasteiger partial charge >= 0.3 is 0 Å². The molecule has 2 aliphatic heterocycles. The van der Waals surface area contributed by atoms with E-state index in [0.717, 1.165) is 19.6 Å². The quantitative estimate of drug-likeness (QED) is 0.296. The normalized spacial score (nSPS) is 19.8. The van der Waals surface area contributed by atoms with Crippen molar-refractivity contribution in [2.24, 2.45) is 0 Å². The molecule has 4 rings (SSSR count). The summed E-state index contributed by atoms with van der Waals surface area (Å²) in [6, 6.07) is 11.4. The highest BCUT2D eigenvalue weighted by molar-refractivity contribution is 6.46. The number of amides is 1. The highest BCUT2D eigenvalue weighted by Gasteiger charge is 2.46. The topological polar surface area (TPSA) is 97.8 Å². The number of ether oxygens (including phenoxy) is 4. The lowest BCUT2D eigenvalue weighted by atomic mass is 9.95. The Kier molecular flexibility index (Phi) is 8.68. The van der Waals surface area contributed by atoms with Crippen molar-refractivity contribution in [1.29, 1.82) is 0 Å². The van der Waals surface area contributed by atoms with E-state index in [2.05, 4.69) is 4.90 Å². The lowest BCUT2D eigenvalue weighted by molar-refractivity contribution is -0.140. The number of ketones is 1. The maximum absolute atomic E-state index is 13.3. The molecule has 1 atom stereocenters. The minimum Gasteiger partial charge on any atom is -0.507 e. The number of aliphatic hydroxyl groups is 1. The number of methoxy groups -OCH3 is 2.